The maximum atomic E-state index is 2.28. The van der Waals surface area contributed by atoms with Crippen LogP contribution in [0.2, 0.25) is 0 Å². The van der Waals surface area contributed by atoms with Crippen LogP contribution in [0.25, 0.3) is 0 Å². The first-order valence-electron chi connectivity index (χ1n) is 6.16. The lowest BCUT2D eigenvalue weighted by Crippen LogP contribution is -1.87. The summed E-state index contributed by atoms with van der Waals surface area (Å²) >= 11 is 3.95. The van der Waals surface area contributed by atoms with E-state index in [2.05, 4.69) is 61.5 Å². The van der Waals surface area contributed by atoms with E-state index in [9.17, 15) is 0 Å². The Labute approximate surface area is 118 Å². The fourth-order valence-electron chi connectivity index (χ4n) is 1.73. The summed E-state index contributed by atoms with van der Waals surface area (Å²) in [6, 6.07) is 19.4. The number of aryl methyl sites for hydroxylation is 1. The second kappa shape index (κ2) is 7.55. The molecule has 0 N–H and O–H groups in total. The lowest BCUT2D eigenvalue weighted by molar-refractivity contribution is 1.35. The van der Waals surface area contributed by atoms with E-state index in [0.717, 1.165) is 5.75 Å². The molecule has 0 fully saturated rings. The lowest BCUT2D eigenvalue weighted by Gasteiger charge is -2.03. The molecule has 94 valence electrons. The molecule has 0 spiro atoms. The summed E-state index contributed by atoms with van der Waals surface area (Å²) in [5.74, 6) is 3.50. The van der Waals surface area contributed by atoms with Crippen LogP contribution in [0.1, 0.15) is 11.1 Å². The summed E-state index contributed by atoms with van der Waals surface area (Å²) in [4.78, 5) is 1.37. The standard InChI is InChI=1S/C16H18S2/c1-14-6-5-7-15(12-14)13-17-10-11-18-16-8-3-2-4-9-16/h2-9,12H,10-11,13H2,1H3. The molecule has 2 aromatic carbocycles. The quantitative estimate of drug-likeness (QED) is 0.536. The maximum Gasteiger partial charge on any atom is 0.0184 e. The molecule has 0 aliphatic rings. The Morgan fingerprint density at radius 3 is 2.50 bits per heavy atom. The second-order valence-corrected chi connectivity index (χ2v) is 6.48. The summed E-state index contributed by atoms with van der Waals surface area (Å²) in [6.07, 6.45) is 0. The molecule has 0 aliphatic carbocycles. The predicted molar refractivity (Wildman–Crippen MR) is 84.5 cm³/mol. The van der Waals surface area contributed by atoms with Gasteiger partial charge in [-0.25, -0.2) is 0 Å². The van der Waals surface area contributed by atoms with Gasteiger partial charge in [-0.15, -0.1) is 11.8 Å². The molecule has 0 bridgehead atoms. The van der Waals surface area contributed by atoms with Crippen molar-refractivity contribution in [3.8, 4) is 0 Å². The molecule has 2 heteroatoms. The van der Waals surface area contributed by atoms with Crippen LogP contribution < -0.4 is 0 Å². The zero-order chi connectivity index (χ0) is 12.6. The van der Waals surface area contributed by atoms with Crippen molar-refractivity contribution in [1.82, 2.24) is 0 Å². The third-order valence-corrected chi connectivity index (χ3v) is 4.89. The van der Waals surface area contributed by atoms with Gasteiger partial charge in [-0.1, -0.05) is 48.0 Å². The van der Waals surface area contributed by atoms with E-state index < -0.39 is 0 Å². The summed E-state index contributed by atoms with van der Waals surface area (Å²) in [5, 5.41) is 0. The summed E-state index contributed by atoms with van der Waals surface area (Å²) < 4.78 is 0. The van der Waals surface area contributed by atoms with Crippen molar-refractivity contribution >= 4 is 23.5 Å². The van der Waals surface area contributed by atoms with E-state index in [1.807, 2.05) is 23.5 Å². The van der Waals surface area contributed by atoms with E-state index >= 15 is 0 Å². The van der Waals surface area contributed by atoms with Gasteiger partial charge in [-0.3, -0.25) is 0 Å². The van der Waals surface area contributed by atoms with Crippen LogP contribution in [0.15, 0.2) is 59.5 Å². The van der Waals surface area contributed by atoms with Crippen molar-refractivity contribution in [2.45, 2.75) is 17.6 Å². The Bertz CT molecular complexity index is 466. The van der Waals surface area contributed by atoms with E-state index in [4.69, 9.17) is 0 Å². The monoisotopic (exact) mass is 274 g/mol. The zero-order valence-corrected chi connectivity index (χ0v) is 12.3. The van der Waals surface area contributed by atoms with E-state index in [1.165, 1.54) is 27.5 Å². The van der Waals surface area contributed by atoms with Gasteiger partial charge in [0.25, 0.3) is 0 Å². The minimum atomic E-state index is 1.12. The van der Waals surface area contributed by atoms with E-state index in [-0.39, 0.29) is 0 Å². The Kier molecular flexibility index (Phi) is 5.69. The molecular weight excluding hydrogens is 256 g/mol. The van der Waals surface area contributed by atoms with Crippen LogP contribution in [0, 0.1) is 6.92 Å². The first-order chi connectivity index (χ1) is 8.84. The van der Waals surface area contributed by atoms with Gasteiger partial charge in [0.05, 0.1) is 0 Å². The van der Waals surface area contributed by atoms with Crippen LogP contribution in [-0.4, -0.2) is 11.5 Å². The molecule has 0 saturated carbocycles. The number of hydrogen-bond donors (Lipinski definition) is 0. The highest BCUT2D eigenvalue weighted by atomic mass is 32.2. The molecule has 0 heterocycles. The molecule has 2 rings (SSSR count). The topological polar surface area (TPSA) is 0 Å². The highest BCUT2D eigenvalue weighted by Crippen LogP contribution is 2.20. The van der Waals surface area contributed by atoms with Gasteiger partial charge in [0, 0.05) is 22.2 Å². The average Bonchev–Trinajstić information content (AvgIpc) is 2.40. The molecule has 0 nitrogen and oxygen atoms in total. The van der Waals surface area contributed by atoms with Crippen molar-refractivity contribution in [1.29, 1.82) is 0 Å². The summed E-state index contributed by atoms with van der Waals surface area (Å²) in [6.45, 7) is 2.15. The van der Waals surface area contributed by atoms with Crippen LogP contribution >= 0.6 is 23.5 Å². The van der Waals surface area contributed by atoms with Crippen molar-refractivity contribution in [2.24, 2.45) is 0 Å². The summed E-state index contributed by atoms with van der Waals surface area (Å²) in [7, 11) is 0. The summed E-state index contributed by atoms with van der Waals surface area (Å²) in [5.41, 5.74) is 2.79. The van der Waals surface area contributed by atoms with Crippen LogP contribution in [-0.2, 0) is 5.75 Å². The second-order valence-electron chi connectivity index (χ2n) is 4.20. The normalized spacial score (nSPS) is 10.5. The fourth-order valence-corrected chi connectivity index (χ4v) is 3.68. The molecule has 0 amide bonds. The number of hydrogen-bond acceptors (Lipinski definition) is 2. The lowest BCUT2D eigenvalue weighted by atomic mass is 10.2. The Hall–Kier alpha value is -0.860. The predicted octanol–water partition coefficient (Wildman–Crippen LogP) is 5.02. The van der Waals surface area contributed by atoms with E-state index in [0.29, 0.717) is 0 Å². The van der Waals surface area contributed by atoms with Crippen molar-refractivity contribution < 1.29 is 0 Å². The van der Waals surface area contributed by atoms with Crippen LogP contribution in [0.4, 0.5) is 0 Å². The SMILES string of the molecule is Cc1cccc(CSCCSc2ccccc2)c1. The maximum absolute atomic E-state index is 2.28. The third-order valence-electron chi connectivity index (χ3n) is 2.59. The van der Waals surface area contributed by atoms with Gasteiger partial charge in [-0.05, 0) is 24.6 Å². The minimum Gasteiger partial charge on any atom is -0.156 e. The zero-order valence-electron chi connectivity index (χ0n) is 10.6. The molecule has 0 saturated heterocycles. The smallest absolute Gasteiger partial charge is 0.0184 e. The van der Waals surface area contributed by atoms with Crippen LogP contribution in [0.3, 0.4) is 0 Å². The average molecular weight is 274 g/mol. The Balaban J connectivity index is 1.65. The number of rotatable bonds is 6. The molecule has 0 aromatic heterocycles. The molecular formula is C16H18S2. The van der Waals surface area contributed by atoms with Gasteiger partial charge < -0.3 is 0 Å². The molecule has 0 aliphatic heterocycles. The highest BCUT2D eigenvalue weighted by Gasteiger charge is 1.96. The number of benzene rings is 2. The molecule has 18 heavy (non-hydrogen) atoms. The van der Waals surface area contributed by atoms with Crippen molar-refractivity contribution in [2.75, 3.05) is 11.5 Å². The Morgan fingerprint density at radius 1 is 0.889 bits per heavy atom. The largest absolute Gasteiger partial charge is 0.156 e. The highest BCUT2D eigenvalue weighted by molar-refractivity contribution is 8.02. The van der Waals surface area contributed by atoms with Crippen molar-refractivity contribution in [3.05, 3.63) is 65.7 Å². The van der Waals surface area contributed by atoms with Gasteiger partial charge in [0.15, 0.2) is 0 Å². The molecule has 0 unspecified atom stereocenters. The fraction of sp³-hybridized carbons (Fsp3) is 0.250. The molecule has 0 atom stereocenters. The first kappa shape index (κ1) is 13.6. The van der Waals surface area contributed by atoms with Gasteiger partial charge in [0.1, 0.15) is 0 Å². The first-order valence-corrected chi connectivity index (χ1v) is 8.30. The number of thioether (sulfide) groups is 2. The third kappa shape index (κ3) is 4.79. The van der Waals surface area contributed by atoms with Gasteiger partial charge in [0.2, 0.25) is 0 Å². The van der Waals surface area contributed by atoms with Gasteiger partial charge in [-0.2, -0.15) is 11.8 Å². The van der Waals surface area contributed by atoms with Crippen molar-refractivity contribution in [3.63, 3.8) is 0 Å². The Morgan fingerprint density at radius 2 is 1.72 bits per heavy atom. The molecule has 2 aromatic rings. The molecule has 0 radical (unpaired) electrons. The minimum absolute atomic E-state index is 1.12. The van der Waals surface area contributed by atoms with E-state index in [1.54, 1.807) is 0 Å². The van der Waals surface area contributed by atoms with Gasteiger partial charge >= 0.3 is 0 Å². The van der Waals surface area contributed by atoms with Crippen LogP contribution in [0.5, 0.6) is 0 Å².